The molecule has 8 heteroatoms. The molecule has 0 bridgehead atoms. The number of thioether (sulfide) groups is 1. The van der Waals surface area contributed by atoms with Gasteiger partial charge in [0.05, 0.1) is 0 Å². The third kappa shape index (κ3) is 6.57. The molecule has 37 heavy (non-hydrogen) atoms. The molecule has 0 aliphatic heterocycles. The van der Waals surface area contributed by atoms with Crippen molar-refractivity contribution < 1.29 is 4.74 Å². The van der Waals surface area contributed by atoms with E-state index in [1.807, 2.05) is 37.3 Å². The van der Waals surface area contributed by atoms with Crippen molar-refractivity contribution in [2.24, 2.45) is 0 Å². The average Bonchev–Trinajstić information content (AvgIpc) is 3.15. The number of hydrogen-bond donors (Lipinski definition) is 1. The summed E-state index contributed by atoms with van der Waals surface area (Å²) in [6.07, 6.45) is 0.721. The van der Waals surface area contributed by atoms with E-state index in [0.717, 1.165) is 28.3 Å². The molecule has 0 radical (unpaired) electrons. The Morgan fingerprint density at radius 1 is 0.973 bits per heavy atom. The van der Waals surface area contributed by atoms with E-state index < -0.39 is 5.60 Å². The second-order valence-corrected chi connectivity index (χ2v) is 13.9. The molecule has 2 heterocycles. The summed E-state index contributed by atoms with van der Waals surface area (Å²) in [5.74, 6) is 1.37. The third-order valence-electron chi connectivity index (χ3n) is 6.08. The van der Waals surface area contributed by atoms with Gasteiger partial charge in [-0.3, -0.25) is 9.89 Å². The van der Waals surface area contributed by atoms with E-state index in [9.17, 15) is 4.79 Å². The maximum absolute atomic E-state index is 12.2. The molecule has 2 aromatic heterocycles. The van der Waals surface area contributed by atoms with E-state index >= 15 is 0 Å². The summed E-state index contributed by atoms with van der Waals surface area (Å²) < 4.78 is 7.75. The smallest absolute Gasteiger partial charge is 0.266 e. The van der Waals surface area contributed by atoms with Gasteiger partial charge >= 0.3 is 0 Å². The summed E-state index contributed by atoms with van der Waals surface area (Å²) in [6, 6.07) is 15.5. The van der Waals surface area contributed by atoms with Crippen LogP contribution in [0.25, 0.3) is 17.0 Å². The molecule has 4 rings (SSSR count). The van der Waals surface area contributed by atoms with Crippen LogP contribution in [0.1, 0.15) is 66.0 Å². The summed E-state index contributed by atoms with van der Waals surface area (Å²) in [5.41, 5.74) is 3.05. The maximum Gasteiger partial charge on any atom is 0.266 e. The highest BCUT2D eigenvalue weighted by molar-refractivity contribution is 8.00. The zero-order valence-corrected chi connectivity index (χ0v) is 24.3. The summed E-state index contributed by atoms with van der Waals surface area (Å²) in [6.45, 7) is 17.0. The lowest BCUT2D eigenvalue weighted by Crippen LogP contribution is -2.36. The fraction of sp³-hybridized carbons (Fsp3) is 0.414. The van der Waals surface area contributed by atoms with Gasteiger partial charge in [0, 0.05) is 27.8 Å². The zero-order valence-electron chi connectivity index (χ0n) is 22.8. The van der Waals surface area contributed by atoms with Crippen LogP contribution in [0.4, 0.5) is 0 Å². The molecule has 0 aliphatic rings. The van der Waals surface area contributed by atoms with Crippen molar-refractivity contribution in [3.63, 3.8) is 0 Å². The van der Waals surface area contributed by atoms with E-state index in [1.165, 1.54) is 11.6 Å². The minimum atomic E-state index is -0.460. The van der Waals surface area contributed by atoms with Gasteiger partial charge in [0.15, 0.2) is 16.6 Å². The summed E-state index contributed by atoms with van der Waals surface area (Å²) in [4.78, 5) is 21.8. The Morgan fingerprint density at radius 2 is 1.65 bits per heavy atom. The Balaban J connectivity index is 1.63. The second-order valence-electron chi connectivity index (χ2n) is 11.8. The Morgan fingerprint density at radius 3 is 2.27 bits per heavy atom. The first-order valence-corrected chi connectivity index (χ1v) is 13.6. The number of aromatic nitrogens is 4. The van der Waals surface area contributed by atoms with Crippen LogP contribution in [0.15, 0.2) is 58.5 Å². The van der Waals surface area contributed by atoms with Crippen molar-refractivity contribution in [3.8, 4) is 17.1 Å². The molecule has 0 amide bonds. The molecule has 1 N–H and O–H groups in total. The van der Waals surface area contributed by atoms with Crippen LogP contribution in [0.3, 0.4) is 0 Å². The Hall–Kier alpha value is -2.77. The average molecular weight is 539 g/mol. The number of hydrogen-bond acceptors (Lipinski definition) is 5. The van der Waals surface area contributed by atoms with E-state index in [-0.39, 0.29) is 15.7 Å². The van der Waals surface area contributed by atoms with Gasteiger partial charge in [0.2, 0.25) is 0 Å². The molecule has 0 fully saturated rings. The third-order valence-corrected chi connectivity index (χ3v) is 7.65. The molecule has 0 saturated carbocycles. The standard InChI is InChI=1S/C29H35ClN4O2S/c1-18-15-21(13-14-22(18)30)36-28(5,6)17-29(7,8)37-26-32-25(31-23-16-24(35)33-34(23)26)19-9-11-20(12-10-19)27(2,3)4/h9-16H,17H2,1-8H3,(H,33,35). The lowest BCUT2D eigenvalue weighted by atomic mass is 9.87. The molecule has 2 aromatic carbocycles. The number of fused-ring (bicyclic) bond motifs is 1. The first-order chi connectivity index (χ1) is 17.1. The van der Waals surface area contributed by atoms with Gasteiger partial charge in [-0.15, -0.1) is 0 Å². The lowest BCUT2D eigenvalue weighted by molar-refractivity contribution is 0.0905. The molecule has 0 spiro atoms. The number of H-pyrrole nitrogens is 1. The number of rotatable bonds is 7. The number of aryl methyl sites for hydroxylation is 1. The van der Waals surface area contributed by atoms with Crippen LogP contribution in [-0.2, 0) is 5.41 Å². The topological polar surface area (TPSA) is 72.3 Å². The van der Waals surface area contributed by atoms with Gasteiger partial charge < -0.3 is 4.74 Å². The number of ether oxygens (including phenoxy) is 1. The molecular formula is C29H35ClN4O2S. The van der Waals surface area contributed by atoms with Gasteiger partial charge in [0.1, 0.15) is 11.4 Å². The minimum Gasteiger partial charge on any atom is -0.488 e. The quantitative estimate of drug-likeness (QED) is 0.247. The molecule has 0 unspecified atom stereocenters. The van der Waals surface area contributed by atoms with Crippen molar-refractivity contribution >= 4 is 29.0 Å². The molecule has 196 valence electrons. The Bertz CT molecular complexity index is 1480. The monoisotopic (exact) mass is 538 g/mol. The number of benzene rings is 2. The number of nitrogens with zero attached hydrogens (tertiary/aromatic N) is 3. The molecule has 0 aliphatic carbocycles. The van der Waals surface area contributed by atoms with Crippen molar-refractivity contribution in [1.82, 2.24) is 19.6 Å². The van der Waals surface area contributed by atoms with Crippen molar-refractivity contribution in [2.45, 2.75) is 82.7 Å². The van der Waals surface area contributed by atoms with Crippen molar-refractivity contribution in [1.29, 1.82) is 0 Å². The predicted octanol–water partition coefficient (Wildman–Crippen LogP) is 7.46. The van der Waals surface area contributed by atoms with Crippen LogP contribution >= 0.6 is 23.4 Å². The van der Waals surface area contributed by atoms with Crippen molar-refractivity contribution in [2.75, 3.05) is 0 Å². The number of halogens is 1. The van der Waals surface area contributed by atoms with E-state index in [4.69, 9.17) is 21.3 Å². The normalized spacial score (nSPS) is 12.8. The molecule has 4 aromatic rings. The minimum absolute atomic E-state index is 0.0574. The van der Waals surface area contributed by atoms with Crippen LogP contribution < -0.4 is 10.3 Å². The van der Waals surface area contributed by atoms with E-state index in [0.29, 0.717) is 16.6 Å². The largest absolute Gasteiger partial charge is 0.488 e. The van der Waals surface area contributed by atoms with Crippen LogP contribution in [0.2, 0.25) is 5.02 Å². The van der Waals surface area contributed by atoms with Gasteiger partial charge in [-0.25, -0.2) is 14.5 Å². The fourth-order valence-corrected chi connectivity index (χ4v) is 5.94. The summed E-state index contributed by atoms with van der Waals surface area (Å²) in [5, 5.41) is 4.24. The van der Waals surface area contributed by atoms with Crippen LogP contribution in [-0.4, -0.2) is 29.9 Å². The SMILES string of the molecule is Cc1cc(OC(C)(C)CC(C)(C)Sc2nc(-c3ccc(C(C)(C)C)cc3)nc3cc(=O)[nH]n23)ccc1Cl. The second kappa shape index (κ2) is 9.84. The van der Waals surface area contributed by atoms with Crippen LogP contribution in [0, 0.1) is 6.92 Å². The van der Waals surface area contributed by atoms with Crippen molar-refractivity contribution in [3.05, 3.63) is 75.0 Å². The molecule has 0 atom stereocenters. The zero-order chi connectivity index (χ0) is 27.2. The van der Waals surface area contributed by atoms with Gasteiger partial charge in [0.25, 0.3) is 5.56 Å². The van der Waals surface area contributed by atoms with E-state index in [2.05, 4.69) is 70.7 Å². The molecule has 0 saturated heterocycles. The fourth-order valence-electron chi connectivity index (χ4n) is 4.54. The molecule has 6 nitrogen and oxygen atoms in total. The molecular weight excluding hydrogens is 504 g/mol. The first kappa shape index (κ1) is 27.3. The highest BCUT2D eigenvalue weighted by Gasteiger charge is 2.33. The first-order valence-electron chi connectivity index (χ1n) is 12.4. The van der Waals surface area contributed by atoms with E-state index in [1.54, 1.807) is 16.3 Å². The van der Waals surface area contributed by atoms with Crippen LogP contribution in [0.5, 0.6) is 5.75 Å². The van der Waals surface area contributed by atoms with Gasteiger partial charge in [-0.05, 0) is 55.5 Å². The number of aromatic amines is 1. The summed E-state index contributed by atoms with van der Waals surface area (Å²) in [7, 11) is 0. The summed E-state index contributed by atoms with van der Waals surface area (Å²) >= 11 is 7.77. The highest BCUT2D eigenvalue weighted by atomic mass is 35.5. The maximum atomic E-state index is 12.2. The van der Waals surface area contributed by atoms with Gasteiger partial charge in [-0.2, -0.15) is 0 Å². The highest BCUT2D eigenvalue weighted by Crippen LogP contribution is 2.39. The Kier molecular flexibility index (Phi) is 7.25. The number of nitrogens with one attached hydrogen (secondary N) is 1. The lowest BCUT2D eigenvalue weighted by Gasteiger charge is -2.34. The van der Waals surface area contributed by atoms with Gasteiger partial charge in [-0.1, -0.05) is 82.2 Å². The Labute approximate surface area is 227 Å². The predicted molar refractivity (Wildman–Crippen MR) is 153 cm³/mol.